The lowest BCUT2D eigenvalue weighted by atomic mass is 9.85. The number of carbonyl (C=O) groups excluding carboxylic acids is 4. The van der Waals surface area contributed by atoms with Gasteiger partial charge < -0.3 is 90.1 Å². The Morgan fingerprint density at radius 2 is 1.09 bits per heavy atom. The number of phenols is 6. The van der Waals surface area contributed by atoms with Crippen molar-refractivity contribution in [2.75, 3.05) is 6.61 Å². The summed E-state index contributed by atoms with van der Waals surface area (Å²) in [5.74, 6) is -18.6. The third kappa shape index (κ3) is 6.22. The van der Waals surface area contributed by atoms with Gasteiger partial charge in [-0.15, -0.1) is 0 Å². The number of esters is 4. The van der Waals surface area contributed by atoms with Gasteiger partial charge in [0.2, 0.25) is 17.5 Å². The topological polar surface area (TPSA) is 377 Å². The molecule has 2 aliphatic carbocycles. The van der Waals surface area contributed by atoms with Crippen LogP contribution in [-0.4, -0.2) is 139 Å². The standard InChI is InChI=1S/C34H28O22/c35-14-5-10(6-15(36)21(14)41)28(46)54-25-23(43)30(56-29(47)11-7-16(37)22(42)17(38)8-11)53-18-9-52-31(48)33(50)3-1-12(19(39)26(33)44)13-2-4-34(51,27(45)20(13)40)32(49)55-24(18)25/h1-8,18,23-25,30,35-45,50-51H,9H2/t18-,23-,24-,25-,30+,33?,34?/m1/s1. The molecule has 0 radical (unpaired) electrons. The van der Waals surface area contributed by atoms with E-state index in [0.29, 0.717) is 36.4 Å². The quantitative estimate of drug-likeness (QED) is 0.105. The van der Waals surface area contributed by atoms with Crippen LogP contribution in [0.25, 0.3) is 0 Å². The first-order valence-corrected chi connectivity index (χ1v) is 15.7. The van der Waals surface area contributed by atoms with Crippen LogP contribution in [0, 0.1) is 0 Å². The number of aliphatic hydroxyl groups is 7. The third-order valence-electron chi connectivity index (χ3n) is 8.89. The number of aromatic hydroxyl groups is 6. The van der Waals surface area contributed by atoms with Crippen molar-refractivity contribution in [3.63, 3.8) is 0 Å². The first-order chi connectivity index (χ1) is 26.2. The fourth-order valence-corrected chi connectivity index (χ4v) is 5.80. The highest BCUT2D eigenvalue weighted by molar-refractivity contribution is 5.92. The summed E-state index contributed by atoms with van der Waals surface area (Å²) in [4.78, 5) is 53.4. The number of rotatable bonds is 4. The second-order valence-corrected chi connectivity index (χ2v) is 12.4. The van der Waals surface area contributed by atoms with Crippen LogP contribution in [0.4, 0.5) is 0 Å². The number of benzene rings is 2. The summed E-state index contributed by atoms with van der Waals surface area (Å²) in [5, 5.41) is 136. The molecule has 0 saturated carbocycles. The SMILES string of the molecule is O=C(O[C@@H]1O[C@@H]2COC(=O)C3(O)C=CC(=C4C=CC(O)(C(=O)O[C@H]2[C@H](OC(=O)c2cc(O)c(O)c(O)c2)[C@H]1O)C(O)=C4O)C(O)=C3O)c1cc(O)c(O)c(O)c1. The number of allylic oxidation sites excluding steroid dienone is 2. The van der Waals surface area contributed by atoms with E-state index in [1.54, 1.807) is 0 Å². The molecule has 13 N–H and O–H groups in total. The van der Waals surface area contributed by atoms with Gasteiger partial charge in [0.15, 0.2) is 75.8 Å². The highest BCUT2D eigenvalue weighted by atomic mass is 16.7. The minimum atomic E-state index is -3.32. The number of phenolic OH excluding ortho intramolecular Hbond substituents is 6. The molecule has 2 unspecified atom stereocenters. The molecule has 0 spiro atoms. The van der Waals surface area contributed by atoms with Crippen LogP contribution < -0.4 is 0 Å². The van der Waals surface area contributed by atoms with Crippen LogP contribution >= 0.6 is 0 Å². The van der Waals surface area contributed by atoms with Gasteiger partial charge in [-0.05, 0) is 36.4 Å². The lowest BCUT2D eigenvalue weighted by Crippen LogP contribution is -2.63. The highest BCUT2D eigenvalue weighted by Crippen LogP contribution is 2.41. The van der Waals surface area contributed by atoms with Gasteiger partial charge in [0.05, 0.1) is 11.1 Å². The lowest BCUT2D eigenvalue weighted by molar-refractivity contribution is -0.291. The normalized spacial score (nSPS) is 28.9. The van der Waals surface area contributed by atoms with E-state index >= 15 is 0 Å². The fraction of sp³-hybridized carbons (Fsp3) is 0.235. The minimum absolute atomic E-state index is 0.526. The second-order valence-electron chi connectivity index (χ2n) is 12.4. The Balaban J connectivity index is 1.46. The van der Waals surface area contributed by atoms with Crippen LogP contribution in [0.3, 0.4) is 0 Å². The number of aliphatic hydroxyl groups excluding tert-OH is 5. The van der Waals surface area contributed by atoms with Crippen LogP contribution in [0.1, 0.15) is 20.7 Å². The van der Waals surface area contributed by atoms with Crippen molar-refractivity contribution >= 4 is 23.9 Å². The van der Waals surface area contributed by atoms with Crippen LogP contribution in [0.5, 0.6) is 34.5 Å². The number of ether oxygens (including phenoxy) is 5. The van der Waals surface area contributed by atoms with Gasteiger partial charge in [0, 0.05) is 11.1 Å². The van der Waals surface area contributed by atoms with Crippen molar-refractivity contribution in [3.8, 4) is 34.5 Å². The van der Waals surface area contributed by atoms with E-state index in [2.05, 4.69) is 0 Å². The van der Waals surface area contributed by atoms with Gasteiger partial charge in [-0.1, -0.05) is 12.2 Å². The van der Waals surface area contributed by atoms with Crippen LogP contribution in [-0.2, 0) is 33.3 Å². The predicted octanol–water partition coefficient (Wildman–Crippen LogP) is -0.589. The van der Waals surface area contributed by atoms with Gasteiger partial charge >= 0.3 is 23.9 Å². The largest absolute Gasteiger partial charge is 0.505 e. The highest BCUT2D eigenvalue weighted by Gasteiger charge is 2.56. The van der Waals surface area contributed by atoms with E-state index < -0.39 is 152 Å². The molecule has 6 aliphatic rings. The van der Waals surface area contributed by atoms with E-state index in [-0.39, 0.29) is 0 Å². The van der Waals surface area contributed by atoms with Crippen molar-refractivity contribution in [2.24, 2.45) is 0 Å². The van der Waals surface area contributed by atoms with Gasteiger partial charge in [0.25, 0.3) is 0 Å². The van der Waals surface area contributed by atoms with Crippen molar-refractivity contribution in [3.05, 3.63) is 93.9 Å². The molecule has 22 heteroatoms. The molecule has 1 fully saturated rings. The van der Waals surface area contributed by atoms with Gasteiger partial charge in [-0.2, -0.15) is 0 Å². The smallest absolute Gasteiger partial charge is 0.351 e. The van der Waals surface area contributed by atoms with Crippen molar-refractivity contribution in [1.82, 2.24) is 0 Å². The van der Waals surface area contributed by atoms with Gasteiger partial charge in [-0.3, -0.25) is 0 Å². The Morgan fingerprint density at radius 1 is 0.661 bits per heavy atom. The van der Waals surface area contributed by atoms with E-state index in [9.17, 15) is 85.6 Å². The van der Waals surface area contributed by atoms with Gasteiger partial charge in [-0.25, -0.2) is 19.2 Å². The van der Waals surface area contributed by atoms with Crippen molar-refractivity contribution in [2.45, 2.75) is 41.9 Å². The minimum Gasteiger partial charge on any atom is -0.505 e. The molecular formula is C34H28O22. The molecule has 4 heterocycles. The molecule has 56 heavy (non-hydrogen) atoms. The lowest BCUT2D eigenvalue weighted by Gasteiger charge is -2.43. The molecule has 4 bridgehead atoms. The maximum absolute atomic E-state index is 13.7. The predicted molar refractivity (Wildman–Crippen MR) is 173 cm³/mol. The molecule has 0 amide bonds. The molecule has 296 valence electrons. The molecule has 1 saturated heterocycles. The van der Waals surface area contributed by atoms with E-state index in [1.165, 1.54) is 0 Å². The molecule has 8 rings (SSSR count). The summed E-state index contributed by atoms with van der Waals surface area (Å²) < 4.78 is 26.5. The summed E-state index contributed by atoms with van der Waals surface area (Å²) >= 11 is 0. The van der Waals surface area contributed by atoms with E-state index in [4.69, 9.17) is 23.7 Å². The second kappa shape index (κ2) is 13.6. The van der Waals surface area contributed by atoms with Crippen LogP contribution in [0.15, 0.2) is 82.8 Å². The third-order valence-corrected chi connectivity index (χ3v) is 8.89. The van der Waals surface area contributed by atoms with E-state index in [1.807, 2.05) is 0 Å². The Morgan fingerprint density at radius 3 is 1.55 bits per heavy atom. The number of hydrogen-bond donors (Lipinski definition) is 13. The number of hydrogen-bond acceptors (Lipinski definition) is 22. The Hall–Kier alpha value is -7.14. The fourth-order valence-electron chi connectivity index (χ4n) is 5.80. The summed E-state index contributed by atoms with van der Waals surface area (Å²) in [6.07, 6.45) is -9.13. The average Bonchev–Trinajstić information content (AvgIpc) is 3.15. The Bertz CT molecular complexity index is 2180. The average molecular weight is 789 g/mol. The summed E-state index contributed by atoms with van der Waals surface area (Å²) in [7, 11) is 0. The Labute approximate surface area is 310 Å². The monoisotopic (exact) mass is 788 g/mol. The zero-order chi connectivity index (χ0) is 41.2. The zero-order valence-corrected chi connectivity index (χ0v) is 27.7. The van der Waals surface area contributed by atoms with Crippen molar-refractivity contribution in [1.29, 1.82) is 0 Å². The van der Waals surface area contributed by atoms with Gasteiger partial charge in [0.1, 0.15) is 12.7 Å². The first-order valence-electron chi connectivity index (χ1n) is 15.7. The van der Waals surface area contributed by atoms with E-state index in [0.717, 1.165) is 12.2 Å². The maximum Gasteiger partial charge on any atom is 0.351 e. The summed E-state index contributed by atoms with van der Waals surface area (Å²) in [6.45, 7) is -1.27. The van der Waals surface area contributed by atoms with Crippen molar-refractivity contribution < 1.29 is 109 Å². The molecule has 2 aromatic carbocycles. The molecule has 4 aliphatic heterocycles. The Kier molecular flexibility index (Phi) is 9.38. The molecular weight excluding hydrogens is 760 g/mol. The molecule has 7 atom stereocenters. The molecule has 0 aromatic heterocycles. The molecule has 2 aromatic rings. The molecule has 22 nitrogen and oxygen atoms in total. The summed E-state index contributed by atoms with van der Waals surface area (Å²) in [5.41, 5.74) is -9.06. The zero-order valence-electron chi connectivity index (χ0n) is 27.7. The first kappa shape index (κ1) is 38.6. The summed E-state index contributed by atoms with van der Waals surface area (Å²) in [6, 6.07) is 2.38. The van der Waals surface area contributed by atoms with Crippen LogP contribution in [0.2, 0.25) is 0 Å². The maximum atomic E-state index is 13.7. The number of carbonyl (C=O) groups is 4.